The maximum Gasteiger partial charge on any atom is 0.328 e. The molecule has 4 amide bonds. The predicted octanol–water partition coefficient (Wildman–Crippen LogP) is 3.24. The van der Waals surface area contributed by atoms with Crippen LogP contribution in [0, 0.1) is 5.82 Å². The second-order valence-corrected chi connectivity index (χ2v) is 11.3. The number of halogens is 1. The normalized spacial score (nSPS) is 22.8. The summed E-state index contributed by atoms with van der Waals surface area (Å²) in [4.78, 5) is 50.0. The Hall–Kier alpha value is -4.12. The Kier molecular flexibility index (Phi) is 6.64. The molecule has 2 N–H and O–H groups in total. The van der Waals surface area contributed by atoms with E-state index < -0.39 is 17.4 Å². The first kappa shape index (κ1) is 27.1. The van der Waals surface area contributed by atoms with Crippen molar-refractivity contribution in [3.63, 3.8) is 0 Å². The summed E-state index contributed by atoms with van der Waals surface area (Å²) in [6, 6.07) is 8.57. The van der Waals surface area contributed by atoms with Gasteiger partial charge in [-0.25, -0.2) is 9.18 Å². The monoisotopic (exact) mass is 563 g/mol. The minimum absolute atomic E-state index is 0.0415. The number of phenolic OH excluding ortho intramolecular Hbond substituents is 1. The largest absolute Gasteiger partial charge is 0.508 e. The molecule has 10 nitrogen and oxygen atoms in total. The van der Waals surface area contributed by atoms with E-state index in [1.165, 1.54) is 18.1 Å². The number of H-pyrrole nitrogens is 1. The number of ether oxygens (including phenoxy) is 1. The van der Waals surface area contributed by atoms with Gasteiger partial charge in [-0.15, -0.1) is 0 Å². The molecular weight excluding hydrogens is 529 g/mol. The Balaban J connectivity index is 1.32. The van der Waals surface area contributed by atoms with Crippen LogP contribution in [-0.4, -0.2) is 99.5 Å². The molecular formula is C30H34FN5O5. The third-order valence-electron chi connectivity index (χ3n) is 8.80. The lowest BCUT2D eigenvalue weighted by atomic mass is 9.81. The fraction of sp³-hybridized carbons (Fsp3) is 0.433. The Morgan fingerprint density at radius 3 is 2.59 bits per heavy atom. The lowest BCUT2D eigenvalue weighted by molar-refractivity contribution is -0.133. The lowest BCUT2D eigenvalue weighted by Gasteiger charge is -2.42. The molecule has 0 radical (unpaired) electrons. The van der Waals surface area contributed by atoms with Crippen molar-refractivity contribution >= 4 is 28.7 Å². The summed E-state index contributed by atoms with van der Waals surface area (Å²) < 4.78 is 19.9. The van der Waals surface area contributed by atoms with Crippen LogP contribution in [-0.2, 0) is 16.0 Å². The zero-order valence-electron chi connectivity index (χ0n) is 23.4. The standard InChI is InChI=1S/C30H34FN5O5/c1-18(37)34-12-10-33(11-13-34)8-5-9-35-28(39)30(2)17-22-21-15-25(41-3)23(31)16-24(21)32-26(22)27(36(30)29(35)40)19-6-4-7-20(38)14-19/h4,6-7,14-16,27,32,38H,5,8-13,17H2,1-3H3/t27-,30+/m1/s1. The van der Waals surface area contributed by atoms with Crippen molar-refractivity contribution in [3.8, 4) is 11.5 Å². The van der Waals surface area contributed by atoms with Gasteiger partial charge in [0.15, 0.2) is 11.6 Å². The van der Waals surface area contributed by atoms with Crippen LogP contribution in [0.3, 0.4) is 0 Å². The summed E-state index contributed by atoms with van der Waals surface area (Å²) in [6.45, 7) is 7.22. The minimum Gasteiger partial charge on any atom is -0.508 e. The third-order valence-corrected chi connectivity index (χ3v) is 8.80. The van der Waals surface area contributed by atoms with Crippen molar-refractivity contribution in [2.75, 3.05) is 46.4 Å². The van der Waals surface area contributed by atoms with Gasteiger partial charge in [0.1, 0.15) is 17.3 Å². The van der Waals surface area contributed by atoms with Crippen LogP contribution in [0.5, 0.6) is 11.5 Å². The molecule has 3 aromatic rings. The molecule has 0 aliphatic carbocycles. The number of imide groups is 1. The van der Waals surface area contributed by atoms with E-state index in [1.807, 2.05) is 11.0 Å². The van der Waals surface area contributed by atoms with E-state index in [9.17, 15) is 23.9 Å². The molecule has 0 unspecified atom stereocenters. The Labute approximate surface area is 237 Å². The number of phenols is 1. The molecule has 1 aromatic heterocycles. The number of aromatic amines is 1. The number of hydrogen-bond acceptors (Lipinski definition) is 6. The van der Waals surface area contributed by atoms with Gasteiger partial charge in [-0.1, -0.05) is 12.1 Å². The molecule has 0 spiro atoms. The van der Waals surface area contributed by atoms with Gasteiger partial charge in [-0.05, 0) is 49.2 Å². The van der Waals surface area contributed by atoms with Crippen molar-refractivity contribution in [2.45, 2.75) is 38.3 Å². The zero-order valence-corrected chi connectivity index (χ0v) is 23.4. The molecule has 216 valence electrons. The number of hydrogen-bond donors (Lipinski definition) is 2. The van der Waals surface area contributed by atoms with E-state index >= 15 is 0 Å². The van der Waals surface area contributed by atoms with Crippen molar-refractivity contribution in [2.24, 2.45) is 0 Å². The van der Waals surface area contributed by atoms with E-state index in [2.05, 4.69) is 9.88 Å². The number of urea groups is 1. The number of aromatic nitrogens is 1. The van der Waals surface area contributed by atoms with Gasteiger partial charge in [0.05, 0.1) is 7.11 Å². The van der Waals surface area contributed by atoms with Crippen LogP contribution < -0.4 is 4.74 Å². The molecule has 41 heavy (non-hydrogen) atoms. The topological polar surface area (TPSA) is 109 Å². The number of nitrogens with zero attached hydrogens (tertiary/aromatic N) is 4. The maximum absolute atomic E-state index is 14.6. The molecule has 6 rings (SSSR count). The molecule has 0 bridgehead atoms. The summed E-state index contributed by atoms with van der Waals surface area (Å²) in [7, 11) is 1.40. The molecule has 2 atom stereocenters. The van der Waals surface area contributed by atoms with Crippen LogP contribution in [0.1, 0.15) is 43.1 Å². The SMILES string of the molecule is COc1cc2c3c([nH]c2cc1F)[C@@H](c1cccc(O)c1)N1C(=O)N(CCCN2CCN(C(C)=O)CC2)C(=O)[C@]1(C)C3. The van der Waals surface area contributed by atoms with Gasteiger partial charge in [-0.3, -0.25) is 24.3 Å². The summed E-state index contributed by atoms with van der Waals surface area (Å²) in [6.07, 6.45) is 0.865. The average Bonchev–Trinajstić information content (AvgIpc) is 3.38. The third kappa shape index (κ3) is 4.39. The molecule has 4 heterocycles. The Bertz CT molecular complexity index is 1550. The number of rotatable bonds is 6. The van der Waals surface area contributed by atoms with Crippen molar-refractivity contribution in [1.82, 2.24) is 24.6 Å². The van der Waals surface area contributed by atoms with Crippen LogP contribution in [0.15, 0.2) is 36.4 Å². The summed E-state index contributed by atoms with van der Waals surface area (Å²) in [5.41, 5.74) is 1.51. The fourth-order valence-electron chi connectivity index (χ4n) is 6.65. The maximum atomic E-state index is 14.6. The van der Waals surface area contributed by atoms with Crippen LogP contribution in [0.4, 0.5) is 9.18 Å². The molecule has 3 aliphatic rings. The Morgan fingerprint density at radius 1 is 1.15 bits per heavy atom. The van der Waals surface area contributed by atoms with E-state index in [0.717, 1.165) is 24.0 Å². The molecule has 0 saturated carbocycles. The van der Waals surface area contributed by atoms with E-state index in [-0.39, 0.29) is 42.3 Å². The number of methoxy groups -OCH3 is 1. The second kappa shape index (κ2) is 10.1. The highest BCUT2D eigenvalue weighted by Crippen LogP contribution is 2.49. The number of nitrogens with one attached hydrogen (secondary N) is 1. The second-order valence-electron chi connectivity index (χ2n) is 11.3. The molecule has 2 fully saturated rings. The van der Waals surface area contributed by atoms with Crippen molar-refractivity contribution < 1.29 is 28.6 Å². The molecule has 11 heteroatoms. The highest BCUT2D eigenvalue weighted by molar-refractivity contribution is 6.08. The number of amides is 4. The molecule has 2 aromatic carbocycles. The number of carbonyl (C=O) groups excluding carboxylic acids is 3. The smallest absolute Gasteiger partial charge is 0.328 e. The zero-order chi connectivity index (χ0) is 29.1. The number of aromatic hydroxyl groups is 1. The van der Waals surface area contributed by atoms with E-state index in [4.69, 9.17) is 4.74 Å². The van der Waals surface area contributed by atoms with Gasteiger partial charge in [0.25, 0.3) is 5.91 Å². The van der Waals surface area contributed by atoms with Gasteiger partial charge in [-0.2, -0.15) is 0 Å². The number of carbonyl (C=O) groups is 3. The summed E-state index contributed by atoms with van der Waals surface area (Å²) in [5, 5.41) is 11.0. The first-order valence-corrected chi connectivity index (χ1v) is 13.9. The minimum atomic E-state index is -1.18. The van der Waals surface area contributed by atoms with E-state index in [0.29, 0.717) is 42.8 Å². The van der Waals surface area contributed by atoms with Gasteiger partial charge in [0, 0.05) is 68.7 Å². The highest BCUT2D eigenvalue weighted by Gasteiger charge is 2.60. The van der Waals surface area contributed by atoms with Crippen LogP contribution >= 0.6 is 0 Å². The summed E-state index contributed by atoms with van der Waals surface area (Å²) in [5.74, 6) is -0.575. The number of piperazine rings is 1. The van der Waals surface area contributed by atoms with Crippen molar-refractivity contribution in [1.29, 1.82) is 0 Å². The molecule has 2 saturated heterocycles. The fourth-order valence-corrected chi connectivity index (χ4v) is 6.65. The van der Waals surface area contributed by atoms with E-state index in [1.54, 1.807) is 43.0 Å². The number of benzene rings is 2. The first-order chi connectivity index (χ1) is 19.6. The van der Waals surface area contributed by atoms with Gasteiger partial charge >= 0.3 is 6.03 Å². The van der Waals surface area contributed by atoms with Gasteiger partial charge in [0.2, 0.25) is 5.91 Å². The average molecular weight is 564 g/mol. The quantitative estimate of drug-likeness (QED) is 0.446. The highest BCUT2D eigenvalue weighted by atomic mass is 19.1. The first-order valence-electron chi connectivity index (χ1n) is 13.9. The van der Waals surface area contributed by atoms with Crippen LogP contribution in [0.25, 0.3) is 10.9 Å². The Morgan fingerprint density at radius 2 is 1.90 bits per heavy atom. The predicted molar refractivity (Wildman–Crippen MR) is 149 cm³/mol. The summed E-state index contributed by atoms with van der Waals surface area (Å²) >= 11 is 0. The number of fused-ring (bicyclic) bond motifs is 4. The lowest BCUT2D eigenvalue weighted by Crippen LogP contribution is -2.53. The van der Waals surface area contributed by atoms with Gasteiger partial charge < -0.3 is 19.7 Å². The van der Waals surface area contributed by atoms with Crippen molar-refractivity contribution in [3.05, 3.63) is 59.0 Å². The molecule has 3 aliphatic heterocycles. The van der Waals surface area contributed by atoms with Crippen LogP contribution in [0.2, 0.25) is 0 Å².